The Bertz CT molecular complexity index is 918. The molecule has 1 atom stereocenters. The highest BCUT2D eigenvalue weighted by molar-refractivity contribution is 9.10. The highest BCUT2D eigenvalue weighted by Gasteiger charge is 2.30. The maximum Gasteiger partial charge on any atom is 0.0459 e. The van der Waals surface area contributed by atoms with E-state index in [1.54, 1.807) is 5.56 Å². The monoisotopic (exact) mass is 424 g/mol. The first-order valence-electron chi connectivity index (χ1n) is 10.00. The Morgan fingerprint density at radius 1 is 1.07 bits per heavy atom. The summed E-state index contributed by atoms with van der Waals surface area (Å²) in [5, 5.41) is 1.41. The predicted octanol–water partition coefficient (Wildman–Crippen LogP) is 6.61. The topological polar surface area (TPSA) is 19.0 Å². The first kappa shape index (κ1) is 18.8. The van der Waals surface area contributed by atoms with E-state index in [4.69, 9.17) is 0 Å². The molecule has 0 saturated carbocycles. The van der Waals surface area contributed by atoms with Gasteiger partial charge in [-0.2, -0.15) is 0 Å². The van der Waals surface area contributed by atoms with Gasteiger partial charge in [-0.15, -0.1) is 0 Å². The van der Waals surface area contributed by atoms with Crippen LogP contribution in [0.2, 0.25) is 0 Å². The van der Waals surface area contributed by atoms with Crippen LogP contribution < -0.4 is 0 Å². The molecule has 1 saturated heterocycles. The summed E-state index contributed by atoms with van der Waals surface area (Å²) < 4.78 is 1.15. The normalized spacial score (nSPS) is 18.9. The highest BCUT2D eigenvalue weighted by Crippen LogP contribution is 2.39. The zero-order valence-electron chi connectivity index (χ0n) is 16.6. The number of fused-ring (bicyclic) bond motifs is 1. The van der Waals surface area contributed by atoms with Crippen molar-refractivity contribution < 1.29 is 0 Å². The predicted molar refractivity (Wildman–Crippen MR) is 118 cm³/mol. The van der Waals surface area contributed by atoms with Crippen LogP contribution in [0.5, 0.6) is 0 Å². The van der Waals surface area contributed by atoms with Crippen LogP contribution in [-0.2, 0) is 12.0 Å². The lowest BCUT2D eigenvalue weighted by Gasteiger charge is -2.34. The van der Waals surface area contributed by atoms with E-state index in [2.05, 4.69) is 95.1 Å². The lowest BCUT2D eigenvalue weighted by molar-refractivity contribution is 0.200. The number of aromatic amines is 1. The SMILES string of the molecule is CC(C)(C)c1[nH]c2ccccc2c1C1CCCN(Cc2ccc(Br)cc2)C1. The van der Waals surface area contributed by atoms with E-state index in [1.807, 2.05) is 0 Å². The van der Waals surface area contributed by atoms with Gasteiger partial charge in [0.25, 0.3) is 0 Å². The van der Waals surface area contributed by atoms with Gasteiger partial charge in [0.15, 0.2) is 0 Å². The summed E-state index contributed by atoms with van der Waals surface area (Å²) in [6.07, 6.45) is 2.55. The van der Waals surface area contributed by atoms with Gasteiger partial charge in [-0.3, -0.25) is 4.90 Å². The van der Waals surface area contributed by atoms with E-state index in [0.717, 1.165) is 17.6 Å². The molecule has 0 aliphatic carbocycles. The largest absolute Gasteiger partial charge is 0.358 e. The molecular formula is C24H29BrN2. The summed E-state index contributed by atoms with van der Waals surface area (Å²) in [5.41, 5.74) is 5.77. The second kappa shape index (κ2) is 7.44. The van der Waals surface area contributed by atoms with E-state index in [9.17, 15) is 0 Å². The third-order valence-electron chi connectivity index (χ3n) is 5.73. The molecule has 4 rings (SSSR count). The maximum absolute atomic E-state index is 3.75. The molecule has 1 aliphatic rings. The van der Waals surface area contributed by atoms with Gasteiger partial charge in [0.1, 0.15) is 0 Å². The molecular weight excluding hydrogens is 396 g/mol. The number of hydrogen-bond donors (Lipinski definition) is 1. The molecule has 0 spiro atoms. The van der Waals surface area contributed by atoms with Crippen molar-refractivity contribution >= 4 is 26.8 Å². The van der Waals surface area contributed by atoms with Crippen molar-refractivity contribution in [2.45, 2.75) is 51.5 Å². The number of aromatic nitrogens is 1. The van der Waals surface area contributed by atoms with Gasteiger partial charge in [0.05, 0.1) is 0 Å². The summed E-state index contributed by atoms with van der Waals surface area (Å²) in [5.74, 6) is 0.597. The summed E-state index contributed by atoms with van der Waals surface area (Å²) in [6, 6.07) is 17.6. The molecule has 2 nitrogen and oxygen atoms in total. The summed E-state index contributed by atoms with van der Waals surface area (Å²) in [7, 11) is 0. The van der Waals surface area contributed by atoms with Crippen LogP contribution in [0.1, 0.15) is 56.4 Å². The van der Waals surface area contributed by atoms with Crippen molar-refractivity contribution in [3.8, 4) is 0 Å². The number of likely N-dealkylation sites (tertiary alicyclic amines) is 1. The van der Waals surface area contributed by atoms with Crippen molar-refractivity contribution in [3.05, 3.63) is 69.8 Å². The standard InChI is InChI=1S/C24H29BrN2/c1-24(2,3)23-22(20-8-4-5-9-21(20)26-23)18-7-6-14-27(16-18)15-17-10-12-19(25)13-11-17/h4-5,8-13,18,26H,6-7,14-16H2,1-3H3. The van der Waals surface area contributed by atoms with Gasteiger partial charge in [-0.25, -0.2) is 0 Å². The van der Waals surface area contributed by atoms with Gasteiger partial charge < -0.3 is 4.98 Å². The zero-order valence-corrected chi connectivity index (χ0v) is 18.1. The van der Waals surface area contributed by atoms with Crippen LogP contribution in [0.4, 0.5) is 0 Å². The Morgan fingerprint density at radius 3 is 2.56 bits per heavy atom. The molecule has 3 heteroatoms. The van der Waals surface area contributed by atoms with Crippen molar-refractivity contribution in [2.24, 2.45) is 0 Å². The fraction of sp³-hybridized carbons (Fsp3) is 0.417. The molecule has 0 bridgehead atoms. The maximum atomic E-state index is 3.75. The van der Waals surface area contributed by atoms with E-state index in [-0.39, 0.29) is 5.41 Å². The van der Waals surface area contributed by atoms with Crippen LogP contribution in [0.15, 0.2) is 53.0 Å². The summed E-state index contributed by atoms with van der Waals surface area (Å²) in [4.78, 5) is 6.38. The third kappa shape index (κ3) is 4.00. The molecule has 1 unspecified atom stereocenters. The molecule has 1 fully saturated rings. The van der Waals surface area contributed by atoms with Crippen LogP contribution in [0.3, 0.4) is 0 Å². The number of halogens is 1. The van der Waals surface area contributed by atoms with E-state index >= 15 is 0 Å². The zero-order chi connectivity index (χ0) is 19.0. The van der Waals surface area contributed by atoms with Gasteiger partial charge in [0, 0.05) is 39.6 Å². The number of piperidine rings is 1. The van der Waals surface area contributed by atoms with Crippen molar-refractivity contribution in [1.29, 1.82) is 0 Å². The number of nitrogens with one attached hydrogen (secondary N) is 1. The Labute approximate surface area is 171 Å². The minimum atomic E-state index is 0.127. The average molecular weight is 425 g/mol. The number of rotatable bonds is 3. The van der Waals surface area contributed by atoms with Gasteiger partial charge >= 0.3 is 0 Å². The number of H-pyrrole nitrogens is 1. The Morgan fingerprint density at radius 2 is 1.81 bits per heavy atom. The van der Waals surface area contributed by atoms with Crippen molar-refractivity contribution in [2.75, 3.05) is 13.1 Å². The molecule has 27 heavy (non-hydrogen) atoms. The van der Waals surface area contributed by atoms with Gasteiger partial charge in [0.2, 0.25) is 0 Å². The van der Waals surface area contributed by atoms with Gasteiger partial charge in [-0.1, -0.05) is 67.0 Å². The van der Waals surface area contributed by atoms with Crippen molar-refractivity contribution in [1.82, 2.24) is 9.88 Å². The number of hydrogen-bond acceptors (Lipinski definition) is 1. The first-order chi connectivity index (χ1) is 12.9. The second-order valence-corrected chi connectivity index (χ2v) is 9.83. The van der Waals surface area contributed by atoms with E-state index in [1.165, 1.54) is 41.5 Å². The number of benzene rings is 2. The smallest absolute Gasteiger partial charge is 0.0459 e. The minimum absolute atomic E-state index is 0.127. The quantitative estimate of drug-likeness (QED) is 0.500. The minimum Gasteiger partial charge on any atom is -0.358 e. The summed E-state index contributed by atoms with van der Waals surface area (Å²) >= 11 is 3.54. The lowest BCUT2D eigenvalue weighted by Crippen LogP contribution is -2.34. The van der Waals surface area contributed by atoms with E-state index < -0.39 is 0 Å². The van der Waals surface area contributed by atoms with Crippen LogP contribution in [-0.4, -0.2) is 23.0 Å². The molecule has 142 valence electrons. The fourth-order valence-electron chi connectivity index (χ4n) is 4.46. The number of nitrogens with zero attached hydrogens (tertiary/aromatic N) is 1. The van der Waals surface area contributed by atoms with Crippen molar-refractivity contribution in [3.63, 3.8) is 0 Å². The molecule has 1 N–H and O–H groups in total. The van der Waals surface area contributed by atoms with Crippen LogP contribution in [0, 0.1) is 0 Å². The molecule has 1 aromatic heterocycles. The molecule has 3 aromatic rings. The van der Waals surface area contributed by atoms with E-state index in [0.29, 0.717) is 5.92 Å². The molecule has 0 radical (unpaired) electrons. The Hall–Kier alpha value is -1.58. The molecule has 0 amide bonds. The lowest BCUT2D eigenvalue weighted by atomic mass is 9.81. The molecule has 1 aliphatic heterocycles. The average Bonchev–Trinajstić information content (AvgIpc) is 3.04. The molecule has 2 heterocycles. The number of para-hydroxylation sites is 1. The highest BCUT2D eigenvalue weighted by atomic mass is 79.9. The summed E-state index contributed by atoms with van der Waals surface area (Å²) in [6.45, 7) is 10.3. The van der Waals surface area contributed by atoms with Crippen LogP contribution >= 0.6 is 15.9 Å². The Balaban J connectivity index is 1.64. The third-order valence-corrected chi connectivity index (χ3v) is 6.26. The Kier molecular flexibility index (Phi) is 5.17. The van der Waals surface area contributed by atoms with Crippen LogP contribution in [0.25, 0.3) is 10.9 Å². The fourth-order valence-corrected chi connectivity index (χ4v) is 4.73. The molecule has 2 aromatic carbocycles. The first-order valence-corrected chi connectivity index (χ1v) is 10.8. The second-order valence-electron chi connectivity index (χ2n) is 8.91. The van der Waals surface area contributed by atoms with Gasteiger partial charge in [-0.05, 0) is 54.6 Å².